The zero-order valence-electron chi connectivity index (χ0n) is 18.9. The molecule has 6 nitrogen and oxygen atoms in total. The molecule has 3 aliphatic rings. The molecule has 1 spiro atoms. The first kappa shape index (κ1) is 22.8. The van der Waals surface area contributed by atoms with Crippen LogP contribution in [0.3, 0.4) is 0 Å². The molecule has 5 rings (SSSR count). The molecule has 0 aliphatic carbocycles. The van der Waals surface area contributed by atoms with E-state index < -0.39 is 18.2 Å². The first-order chi connectivity index (χ1) is 16.1. The molecule has 2 aromatic carbocycles. The number of anilines is 4. The summed E-state index contributed by atoms with van der Waals surface area (Å²) < 4.78 is 30.0. The second-order valence-corrected chi connectivity index (χ2v) is 9.62. The van der Waals surface area contributed by atoms with Crippen LogP contribution < -0.4 is 20.9 Å². The van der Waals surface area contributed by atoms with Gasteiger partial charge in [0.15, 0.2) is 11.6 Å². The van der Waals surface area contributed by atoms with Gasteiger partial charge in [0.1, 0.15) is 5.82 Å². The van der Waals surface area contributed by atoms with Gasteiger partial charge in [-0.25, -0.2) is 8.78 Å². The lowest BCUT2D eigenvalue weighted by molar-refractivity contribution is -0.113. The second-order valence-electron chi connectivity index (χ2n) is 9.25. The summed E-state index contributed by atoms with van der Waals surface area (Å²) in [5.74, 6) is -1.42. The number of carbonyl (C=O) groups excluding carboxylic acids is 1. The number of hydrogen-bond donors (Lipinski definition) is 3. The Hall–Kier alpha value is -2.94. The number of nitrogens with zero attached hydrogens (tertiary/aromatic N) is 2. The Kier molecular flexibility index (Phi) is 5.24. The van der Waals surface area contributed by atoms with E-state index in [9.17, 15) is 14.3 Å². The van der Waals surface area contributed by atoms with Crippen LogP contribution in [-0.4, -0.2) is 36.1 Å². The van der Waals surface area contributed by atoms with Crippen LogP contribution in [0.15, 0.2) is 30.5 Å². The van der Waals surface area contributed by atoms with E-state index in [0.717, 1.165) is 19.0 Å². The molecule has 2 fully saturated rings. The molecule has 2 aromatic rings. The SMILES string of the molecule is C=C1C(C(C)=O)=CN(c2cc(N)c(F)cc2CO)c2c(Cl)c(N3CC4(CCN4)C3)c(F)c(C)c21. The number of aliphatic hydroxyl groups excluding tert-OH is 1. The highest BCUT2D eigenvalue weighted by Crippen LogP contribution is 2.53. The fourth-order valence-electron chi connectivity index (χ4n) is 5.12. The van der Waals surface area contributed by atoms with E-state index in [1.54, 1.807) is 11.8 Å². The summed E-state index contributed by atoms with van der Waals surface area (Å²) in [4.78, 5) is 15.9. The zero-order chi connectivity index (χ0) is 24.5. The van der Waals surface area contributed by atoms with Crippen LogP contribution in [0.2, 0.25) is 5.02 Å². The maximum Gasteiger partial charge on any atom is 0.161 e. The number of nitrogens with two attached hydrogens (primary N) is 1. The topological polar surface area (TPSA) is 81.8 Å². The molecule has 4 N–H and O–H groups in total. The lowest BCUT2D eigenvalue weighted by Gasteiger charge is -2.57. The number of Topliss-reactive ketones (excluding diaryl/α,β-unsaturated/α-hetero) is 1. The minimum Gasteiger partial charge on any atom is -0.396 e. The summed E-state index contributed by atoms with van der Waals surface area (Å²) in [5.41, 5.74) is 8.29. The summed E-state index contributed by atoms with van der Waals surface area (Å²) in [6.07, 6.45) is 2.56. The molecule has 0 saturated carbocycles. The number of carbonyl (C=O) groups is 1. The van der Waals surface area contributed by atoms with Crippen LogP contribution in [0.1, 0.15) is 30.0 Å². The van der Waals surface area contributed by atoms with Crippen molar-refractivity contribution >= 4 is 45.7 Å². The number of ketones is 1. The molecule has 0 radical (unpaired) electrons. The molecule has 2 saturated heterocycles. The Labute approximate surface area is 201 Å². The van der Waals surface area contributed by atoms with Gasteiger partial charge in [0.25, 0.3) is 0 Å². The van der Waals surface area contributed by atoms with Gasteiger partial charge in [0.05, 0.1) is 39.9 Å². The van der Waals surface area contributed by atoms with E-state index in [2.05, 4.69) is 11.9 Å². The van der Waals surface area contributed by atoms with E-state index in [1.807, 2.05) is 4.90 Å². The number of nitrogen functional groups attached to an aromatic ring is 1. The molecule has 34 heavy (non-hydrogen) atoms. The fourth-order valence-corrected chi connectivity index (χ4v) is 5.50. The molecule has 0 aromatic heterocycles. The summed E-state index contributed by atoms with van der Waals surface area (Å²) in [6.45, 7) is 8.79. The molecule has 0 atom stereocenters. The molecular weight excluding hydrogens is 462 g/mol. The number of rotatable bonds is 4. The first-order valence-electron chi connectivity index (χ1n) is 11.0. The summed E-state index contributed by atoms with van der Waals surface area (Å²) in [6, 6.07) is 2.51. The predicted octanol–water partition coefficient (Wildman–Crippen LogP) is 4.19. The van der Waals surface area contributed by atoms with Crippen molar-refractivity contribution in [3.05, 3.63) is 63.8 Å². The van der Waals surface area contributed by atoms with E-state index >= 15 is 4.39 Å². The third kappa shape index (κ3) is 3.16. The Morgan fingerprint density at radius 2 is 2.00 bits per heavy atom. The van der Waals surface area contributed by atoms with Crippen molar-refractivity contribution in [1.29, 1.82) is 0 Å². The molecular formula is C25H25ClF2N4O2. The van der Waals surface area contributed by atoms with Crippen LogP contribution in [0.25, 0.3) is 5.57 Å². The van der Waals surface area contributed by atoms with E-state index in [0.29, 0.717) is 41.2 Å². The number of allylic oxidation sites excluding steroid dienone is 2. The van der Waals surface area contributed by atoms with Gasteiger partial charge in [0, 0.05) is 36.0 Å². The lowest BCUT2D eigenvalue weighted by atomic mass is 9.79. The number of benzene rings is 2. The Bertz CT molecular complexity index is 1290. The summed E-state index contributed by atoms with van der Waals surface area (Å²) in [7, 11) is 0. The summed E-state index contributed by atoms with van der Waals surface area (Å²) >= 11 is 6.90. The van der Waals surface area contributed by atoms with Gasteiger partial charge in [-0.3, -0.25) is 4.79 Å². The first-order valence-corrected chi connectivity index (χ1v) is 11.4. The van der Waals surface area contributed by atoms with Gasteiger partial charge in [0.2, 0.25) is 0 Å². The number of nitrogens with one attached hydrogen (secondary N) is 1. The fraction of sp³-hybridized carbons (Fsp3) is 0.320. The standard InChI is InChI=1S/C25H25ClF2N4O2/c1-12-16(14(3)34)8-32(19-7-18(29)17(27)6-15(19)9-33)23-20(12)13(2)22(28)24(21(23)26)31-10-25(11-31)4-5-30-25/h6-8,30,33H,1,4-5,9-11,29H2,2-3H3. The number of fused-ring (bicyclic) bond motifs is 1. The minimum absolute atomic E-state index is 0.0000286. The van der Waals surface area contributed by atoms with Crippen molar-refractivity contribution in [2.45, 2.75) is 32.4 Å². The van der Waals surface area contributed by atoms with Crippen LogP contribution in [0.5, 0.6) is 0 Å². The normalized spacial score (nSPS) is 18.4. The second kappa shape index (κ2) is 7.80. The molecule has 0 amide bonds. The largest absolute Gasteiger partial charge is 0.396 e. The van der Waals surface area contributed by atoms with Crippen molar-refractivity contribution in [2.75, 3.05) is 35.2 Å². The zero-order valence-corrected chi connectivity index (χ0v) is 19.7. The highest BCUT2D eigenvalue weighted by molar-refractivity contribution is 6.37. The Morgan fingerprint density at radius 1 is 1.32 bits per heavy atom. The highest BCUT2D eigenvalue weighted by atomic mass is 35.5. The third-order valence-electron chi connectivity index (χ3n) is 7.10. The average Bonchev–Trinajstić information content (AvgIpc) is 2.73. The van der Waals surface area contributed by atoms with Crippen molar-refractivity contribution in [1.82, 2.24) is 5.32 Å². The monoisotopic (exact) mass is 486 g/mol. The number of hydrogen-bond acceptors (Lipinski definition) is 6. The van der Waals surface area contributed by atoms with E-state index in [-0.39, 0.29) is 38.9 Å². The summed E-state index contributed by atoms with van der Waals surface area (Å²) in [5, 5.41) is 13.5. The third-order valence-corrected chi connectivity index (χ3v) is 7.46. The molecule has 0 unspecified atom stereocenters. The van der Waals surface area contributed by atoms with Crippen LogP contribution in [0, 0.1) is 18.6 Å². The highest BCUT2D eigenvalue weighted by Gasteiger charge is 2.49. The number of aliphatic hydroxyl groups is 1. The van der Waals surface area contributed by atoms with Crippen molar-refractivity contribution in [3.8, 4) is 0 Å². The van der Waals surface area contributed by atoms with Crippen LogP contribution in [-0.2, 0) is 11.4 Å². The average molecular weight is 487 g/mol. The molecule has 3 aliphatic heterocycles. The van der Waals surface area contributed by atoms with Gasteiger partial charge in [-0.05, 0) is 50.1 Å². The van der Waals surface area contributed by atoms with Crippen LogP contribution in [0.4, 0.5) is 31.5 Å². The molecule has 9 heteroatoms. The Morgan fingerprint density at radius 3 is 2.56 bits per heavy atom. The molecule has 0 bridgehead atoms. The van der Waals surface area contributed by atoms with Crippen LogP contribution >= 0.6 is 11.6 Å². The van der Waals surface area contributed by atoms with E-state index in [4.69, 9.17) is 17.3 Å². The van der Waals surface area contributed by atoms with Crippen molar-refractivity contribution in [3.63, 3.8) is 0 Å². The minimum atomic E-state index is -0.675. The number of halogens is 3. The lowest BCUT2D eigenvalue weighted by Crippen LogP contribution is -2.76. The molecule has 3 heterocycles. The molecule has 178 valence electrons. The quantitative estimate of drug-likeness (QED) is 0.562. The van der Waals surface area contributed by atoms with Gasteiger partial charge in [-0.1, -0.05) is 18.2 Å². The maximum absolute atomic E-state index is 15.8. The smallest absolute Gasteiger partial charge is 0.161 e. The van der Waals surface area contributed by atoms with Gasteiger partial charge in [-0.15, -0.1) is 0 Å². The van der Waals surface area contributed by atoms with Crippen molar-refractivity contribution in [2.24, 2.45) is 0 Å². The predicted molar refractivity (Wildman–Crippen MR) is 130 cm³/mol. The van der Waals surface area contributed by atoms with E-state index in [1.165, 1.54) is 19.2 Å². The maximum atomic E-state index is 15.8. The van der Waals surface area contributed by atoms with Gasteiger partial charge >= 0.3 is 0 Å². The van der Waals surface area contributed by atoms with Gasteiger partial charge in [-0.2, -0.15) is 0 Å². The Balaban J connectivity index is 1.75. The van der Waals surface area contributed by atoms with Gasteiger partial charge < -0.3 is 26.0 Å². The van der Waals surface area contributed by atoms with Crippen molar-refractivity contribution < 1.29 is 18.7 Å².